The average Bonchev–Trinajstić information content (AvgIpc) is 3.10. The lowest BCUT2D eigenvalue weighted by molar-refractivity contribution is -0.138. The summed E-state index contributed by atoms with van der Waals surface area (Å²) in [6.07, 6.45) is 11.3. The van der Waals surface area contributed by atoms with Crippen LogP contribution in [0.5, 0.6) is 0 Å². The van der Waals surface area contributed by atoms with E-state index in [0.717, 1.165) is 51.7 Å². The highest BCUT2D eigenvalue weighted by atomic mass is 16.2. The number of hydrogen-bond acceptors (Lipinski definition) is 3. The summed E-state index contributed by atoms with van der Waals surface area (Å²) in [7, 11) is 0. The molecule has 3 heterocycles. The molecule has 0 aromatic carbocycles. The van der Waals surface area contributed by atoms with Gasteiger partial charge in [-0.1, -0.05) is 0 Å². The largest absolute Gasteiger partial charge is 0.341 e. The van der Waals surface area contributed by atoms with E-state index in [9.17, 15) is 9.59 Å². The van der Waals surface area contributed by atoms with Crippen molar-refractivity contribution in [2.45, 2.75) is 57.5 Å². The molecule has 3 rings (SSSR count). The number of carbonyl (C=O) groups excluding carboxylic acids is 2. The van der Waals surface area contributed by atoms with Crippen molar-refractivity contribution < 1.29 is 9.59 Å². The fraction of sp³-hybridized carbons (Fsp3) is 0.706. The van der Waals surface area contributed by atoms with Crippen LogP contribution < -0.4 is 0 Å². The van der Waals surface area contributed by atoms with Crippen LogP contribution in [-0.4, -0.2) is 56.8 Å². The van der Waals surface area contributed by atoms with E-state index < -0.39 is 0 Å². The third-order valence-corrected chi connectivity index (χ3v) is 5.14. The summed E-state index contributed by atoms with van der Waals surface area (Å²) in [5.74, 6) is 0.283. The van der Waals surface area contributed by atoms with Crippen LogP contribution in [0.1, 0.15) is 51.5 Å². The molecular formula is C17H26N4O2. The first-order valence-electron chi connectivity index (χ1n) is 8.67. The molecule has 2 aliphatic heterocycles. The van der Waals surface area contributed by atoms with Crippen LogP contribution in [0.3, 0.4) is 0 Å². The topological polar surface area (TPSA) is 58.4 Å². The Kier molecular flexibility index (Phi) is 4.98. The van der Waals surface area contributed by atoms with Gasteiger partial charge < -0.3 is 14.4 Å². The van der Waals surface area contributed by atoms with E-state index in [1.165, 1.54) is 0 Å². The monoisotopic (exact) mass is 318 g/mol. The summed E-state index contributed by atoms with van der Waals surface area (Å²) in [6, 6.07) is 0.410. The van der Waals surface area contributed by atoms with Crippen LogP contribution in [0.4, 0.5) is 0 Å². The van der Waals surface area contributed by atoms with E-state index in [0.29, 0.717) is 12.5 Å². The third kappa shape index (κ3) is 3.74. The predicted octanol–water partition coefficient (Wildman–Crippen LogP) is 1.84. The molecule has 6 heteroatoms. The Morgan fingerprint density at radius 3 is 2.78 bits per heavy atom. The summed E-state index contributed by atoms with van der Waals surface area (Å²) >= 11 is 0. The molecular weight excluding hydrogens is 292 g/mol. The van der Waals surface area contributed by atoms with Gasteiger partial charge in [-0.15, -0.1) is 0 Å². The molecule has 2 unspecified atom stereocenters. The van der Waals surface area contributed by atoms with E-state index in [1.807, 2.05) is 22.3 Å². The van der Waals surface area contributed by atoms with Crippen molar-refractivity contribution in [1.29, 1.82) is 0 Å². The van der Waals surface area contributed by atoms with Crippen molar-refractivity contribution in [2.75, 3.05) is 19.6 Å². The second-order valence-corrected chi connectivity index (χ2v) is 6.71. The molecule has 0 saturated carbocycles. The van der Waals surface area contributed by atoms with Crippen LogP contribution in [0.2, 0.25) is 0 Å². The zero-order valence-electron chi connectivity index (χ0n) is 13.9. The lowest BCUT2D eigenvalue weighted by atomic mass is 9.97. The Morgan fingerprint density at radius 2 is 2.04 bits per heavy atom. The molecule has 2 aliphatic rings. The van der Waals surface area contributed by atoms with Crippen LogP contribution in [0.15, 0.2) is 18.7 Å². The molecule has 1 aromatic heterocycles. The van der Waals surface area contributed by atoms with Crippen molar-refractivity contribution in [3.05, 3.63) is 18.7 Å². The van der Waals surface area contributed by atoms with Crippen molar-refractivity contribution in [3.63, 3.8) is 0 Å². The summed E-state index contributed by atoms with van der Waals surface area (Å²) in [5.41, 5.74) is 0. The van der Waals surface area contributed by atoms with Gasteiger partial charge in [-0.2, -0.15) is 0 Å². The molecule has 6 nitrogen and oxygen atoms in total. The molecule has 0 radical (unpaired) electrons. The molecule has 2 fully saturated rings. The molecule has 0 N–H and O–H groups in total. The molecule has 2 atom stereocenters. The van der Waals surface area contributed by atoms with Crippen molar-refractivity contribution >= 4 is 11.8 Å². The van der Waals surface area contributed by atoms with Gasteiger partial charge in [-0.05, 0) is 32.1 Å². The van der Waals surface area contributed by atoms with E-state index in [1.54, 1.807) is 13.1 Å². The first-order chi connectivity index (χ1) is 11.1. The van der Waals surface area contributed by atoms with Crippen LogP contribution in [-0.2, 0) is 9.59 Å². The quantitative estimate of drug-likeness (QED) is 0.854. The fourth-order valence-electron chi connectivity index (χ4n) is 3.87. The number of likely N-dealkylation sites (tertiary alicyclic amines) is 2. The highest BCUT2D eigenvalue weighted by Gasteiger charge is 2.30. The average molecular weight is 318 g/mol. The van der Waals surface area contributed by atoms with Gasteiger partial charge in [0.25, 0.3) is 0 Å². The van der Waals surface area contributed by atoms with E-state index in [-0.39, 0.29) is 17.9 Å². The number of imidazole rings is 1. The Labute approximate surface area is 137 Å². The van der Waals surface area contributed by atoms with E-state index in [4.69, 9.17) is 0 Å². The summed E-state index contributed by atoms with van der Waals surface area (Å²) < 4.78 is 2.10. The van der Waals surface area contributed by atoms with Gasteiger partial charge >= 0.3 is 0 Å². The van der Waals surface area contributed by atoms with Gasteiger partial charge in [0.1, 0.15) is 0 Å². The SMILES string of the molecule is CC(=O)N1CCCCC1CC(=O)N1CCCC(n2ccnc2)C1. The smallest absolute Gasteiger partial charge is 0.224 e. The number of carbonyl (C=O) groups is 2. The number of aromatic nitrogens is 2. The van der Waals surface area contributed by atoms with Gasteiger partial charge in [-0.25, -0.2) is 4.98 Å². The van der Waals surface area contributed by atoms with Gasteiger partial charge in [0.2, 0.25) is 11.8 Å². The highest BCUT2D eigenvalue weighted by molar-refractivity contribution is 5.79. The van der Waals surface area contributed by atoms with Gasteiger partial charge in [0, 0.05) is 51.4 Å². The number of hydrogen-bond donors (Lipinski definition) is 0. The Balaban J connectivity index is 1.60. The van der Waals surface area contributed by atoms with Gasteiger partial charge in [0.15, 0.2) is 0 Å². The van der Waals surface area contributed by atoms with Gasteiger partial charge in [-0.3, -0.25) is 9.59 Å². The minimum atomic E-state index is 0.0855. The maximum Gasteiger partial charge on any atom is 0.224 e. The number of amides is 2. The molecule has 2 amide bonds. The normalized spacial score (nSPS) is 25.4. The van der Waals surface area contributed by atoms with Crippen LogP contribution >= 0.6 is 0 Å². The first-order valence-corrected chi connectivity index (χ1v) is 8.67. The van der Waals surface area contributed by atoms with Crippen LogP contribution in [0, 0.1) is 0 Å². The zero-order chi connectivity index (χ0) is 16.2. The highest BCUT2D eigenvalue weighted by Crippen LogP contribution is 2.24. The number of rotatable bonds is 3. The van der Waals surface area contributed by atoms with Crippen molar-refractivity contribution in [3.8, 4) is 0 Å². The van der Waals surface area contributed by atoms with Crippen LogP contribution in [0.25, 0.3) is 0 Å². The molecule has 0 aliphatic carbocycles. The lowest BCUT2D eigenvalue weighted by Crippen LogP contribution is -2.47. The Morgan fingerprint density at radius 1 is 1.17 bits per heavy atom. The molecule has 0 spiro atoms. The number of nitrogens with zero attached hydrogens (tertiary/aromatic N) is 4. The molecule has 0 bridgehead atoms. The third-order valence-electron chi connectivity index (χ3n) is 5.14. The lowest BCUT2D eigenvalue weighted by Gasteiger charge is -2.38. The predicted molar refractivity (Wildman–Crippen MR) is 86.7 cm³/mol. The molecule has 23 heavy (non-hydrogen) atoms. The Hall–Kier alpha value is -1.85. The minimum absolute atomic E-state index is 0.0855. The molecule has 2 saturated heterocycles. The summed E-state index contributed by atoms with van der Waals surface area (Å²) in [5, 5.41) is 0. The second kappa shape index (κ2) is 7.15. The summed E-state index contributed by atoms with van der Waals surface area (Å²) in [6.45, 7) is 3.99. The molecule has 126 valence electrons. The minimum Gasteiger partial charge on any atom is -0.341 e. The maximum atomic E-state index is 12.7. The standard InChI is InChI=1S/C17H26N4O2/c1-14(22)21-9-3-2-5-15(21)11-17(23)19-8-4-6-16(12-19)20-10-7-18-13-20/h7,10,13,15-16H,2-6,8-9,11-12H2,1H3. The van der Waals surface area contributed by atoms with E-state index >= 15 is 0 Å². The molecule has 1 aromatic rings. The second-order valence-electron chi connectivity index (χ2n) is 6.71. The summed E-state index contributed by atoms with van der Waals surface area (Å²) in [4.78, 5) is 32.4. The van der Waals surface area contributed by atoms with Crippen molar-refractivity contribution in [1.82, 2.24) is 19.4 Å². The Bertz CT molecular complexity index is 543. The first kappa shape index (κ1) is 16.0. The fourth-order valence-corrected chi connectivity index (χ4v) is 3.87. The number of piperidine rings is 2. The maximum absolute atomic E-state index is 12.7. The zero-order valence-corrected chi connectivity index (χ0v) is 13.9. The van der Waals surface area contributed by atoms with Gasteiger partial charge in [0.05, 0.1) is 12.4 Å². The van der Waals surface area contributed by atoms with E-state index in [2.05, 4.69) is 9.55 Å². The van der Waals surface area contributed by atoms with Crippen molar-refractivity contribution in [2.24, 2.45) is 0 Å².